The number of hydrogen-bond acceptors (Lipinski definition) is 5. The number of hydrogen-bond donors (Lipinski definition) is 1. The van der Waals surface area contributed by atoms with Crippen LogP contribution in [0.25, 0.3) is 5.52 Å². The zero-order valence-electron chi connectivity index (χ0n) is 13.4. The lowest BCUT2D eigenvalue weighted by Crippen LogP contribution is -2.24. The van der Waals surface area contributed by atoms with Crippen LogP contribution in [0.3, 0.4) is 0 Å². The Bertz CT molecular complexity index is 800. The number of anilines is 1. The molecule has 3 atom stereocenters. The third-order valence-electron chi connectivity index (χ3n) is 4.86. The van der Waals surface area contributed by atoms with Crippen LogP contribution in [0.4, 0.5) is 5.95 Å². The number of nitrogens with zero attached hydrogens (tertiary/aromatic N) is 2. The SMILES string of the molecule is COC(=O)c1nc(NC(=O)CC2CC3CCC2O3)n2ccccc12. The van der Waals surface area contributed by atoms with E-state index in [0.29, 0.717) is 24.0 Å². The molecule has 4 rings (SSSR count). The van der Waals surface area contributed by atoms with Gasteiger partial charge in [-0.25, -0.2) is 9.78 Å². The second-order valence-electron chi connectivity index (χ2n) is 6.35. The third kappa shape index (κ3) is 2.54. The third-order valence-corrected chi connectivity index (χ3v) is 4.86. The average Bonchev–Trinajstić information content (AvgIpc) is 3.29. The van der Waals surface area contributed by atoms with E-state index in [0.717, 1.165) is 19.3 Å². The standard InChI is InChI=1S/C17H19N3O4/c1-23-16(22)15-12-4-2-3-7-20(12)17(19-15)18-14(21)9-10-8-11-5-6-13(10)24-11/h2-4,7,10-11,13H,5-6,8-9H2,1H3,(H,18,19,21). The summed E-state index contributed by atoms with van der Waals surface area (Å²) in [5.74, 6) is -0.0286. The molecule has 126 valence electrons. The van der Waals surface area contributed by atoms with Gasteiger partial charge < -0.3 is 9.47 Å². The van der Waals surface area contributed by atoms with Gasteiger partial charge in [0, 0.05) is 12.6 Å². The summed E-state index contributed by atoms with van der Waals surface area (Å²) in [6, 6.07) is 5.38. The molecule has 2 aliphatic rings. The summed E-state index contributed by atoms with van der Waals surface area (Å²) in [4.78, 5) is 28.5. The van der Waals surface area contributed by atoms with Crippen LogP contribution in [0.1, 0.15) is 36.2 Å². The summed E-state index contributed by atoms with van der Waals surface area (Å²) in [6.45, 7) is 0. The minimum absolute atomic E-state index is 0.108. The van der Waals surface area contributed by atoms with Gasteiger partial charge in [-0.1, -0.05) is 6.07 Å². The van der Waals surface area contributed by atoms with E-state index < -0.39 is 5.97 Å². The van der Waals surface area contributed by atoms with Gasteiger partial charge in [0.2, 0.25) is 11.9 Å². The van der Waals surface area contributed by atoms with Crippen molar-refractivity contribution in [3.05, 3.63) is 30.1 Å². The summed E-state index contributed by atoms with van der Waals surface area (Å²) in [5, 5.41) is 2.82. The highest BCUT2D eigenvalue weighted by molar-refractivity contribution is 5.97. The molecule has 0 aromatic carbocycles. The number of methoxy groups -OCH3 is 1. The van der Waals surface area contributed by atoms with Crippen molar-refractivity contribution in [2.45, 2.75) is 37.9 Å². The monoisotopic (exact) mass is 329 g/mol. The zero-order valence-corrected chi connectivity index (χ0v) is 13.4. The van der Waals surface area contributed by atoms with E-state index in [1.807, 2.05) is 12.1 Å². The molecule has 7 heteroatoms. The number of pyridine rings is 1. The van der Waals surface area contributed by atoms with Crippen LogP contribution < -0.4 is 5.32 Å². The van der Waals surface area contributed by atoms with Gasteiger partial charge in [-0.2, -0.15) is 0 Å². The van der Waals surface area contributed by atoms with Gasteiger partial charge in [-0.15, -0.1) is 0 Å². The Kier molecular flexibility index (Phi) is 3.72. The maximum Gasteiger partial charge on any atom is 0.359 e. The molecule has 0 radical (unpaired) electrons. The van der Waals surface area contributed by atoms with Crippen LogP contribution in [0.2, 0.25) is 0 Å². The summed E-state index contributed by atoms with van der Waals surface area (Å²) in [7, 11) is 1.31. The molecule has 0 saturated carbocycles. The fraction of sp³-hybridized carbons (Fsp3) is 0.471. The van der Waals surface area contributed by atoms with Crippen LogP contribution >= 0.6 is 0 Å². The van der Waals surface area contributed by atoms with Crippen molar-refractivity contribution in [1.29, 1.82) is 0 Å². The van der Waals surface area contributed by atoms with Gasteiger partial charge in [0.15, 0.2) is 5.69 Å². The molecule has 7 nitrogen and oxygen atoms in total. The molecule has 2 fully saturated rings. The number of rotatable bonds is 4. The van der Waals surface area contributed by atoms with Gasteiger partial charge in [0.1, 0.15) is 0 Å². The number of amides is 1. The number of nitrogens with one attached hydrogen (secondary N) is 1. The van der Waals surface area contributed by atoms with Gasteiger partial charge in [0.25, 0.3) is 0 Å². The number of carbonyl (C=O) groups is 2. The van der Waals surface area contributed by atoms with Crippen molar-refractivity contribution >= 4 is 23.3 Å². The Morgan fingerprint density at radius 3 is 3.00 bits per heavy atom. The number of esters is 1. The Balaban J connectivity index is 1.53. The smallest absolute Gasteiger partial charge is 0.359 e. The van der Waals surface area contributed by atoms with Crippen LogP contribution in [0, 0.1) is 5.92 Å². The summed E-state index contributed by atoms with van der Waals surface area (Å²) < 4.78 is 12.2. The first-order valence-corrected chi connectivity index (χ1v) is 8.16. The van der Waals surface area contributed by atoms with Crippen molar-refractivity contribution < 1.29 is 19.1 Å². The Morgan fingerprint density at radius 1 is 1.42 bits per heavy atom. The molecule has 2 bridgehead atoms. The number of ether oxygens (including phenoxy) is 2. The van der Waals surface area contributed by atoms with Crippen LogP contribution in [0.15, 0.2) is 24.4 Å². The van der Waals surface area contributed by atoms with Crippen molar-refractivity contribution in [1.82, 2.24) is 9.38 Å². The molecular formula is C17H19N3O4. The fourth-order valence-electron chi connectivity index (χ4n) is 3.74. The maximum absolute atomic E-state index is 12.4. The fourth-order valence-corrected chi connectivity index (χ4v) is 3.74. The molecule has 1 N–H and O–H groups in total. The summed E-state index contributed by atoms with van der Waals surface area (Å²) >= 11 is 0. The topological polar surface area (TPSA) is 81.9 Å². The van der Waals surface area contributed by atoms with Gasteiger partial charge >= 0.3 is 5.97 Å². The lowest BCUT2D eigenvalue weighted by molar-refractivity contribution is -0.117. The van der Waals surface area contributed by atoms with E-state index in [1.165, 1.54) is 7.11 Å². The second kappa shape index (κ2) is 5.90. The van der Waals surface area contributed by atoms with Crippen molar-refractivity contribution in [3.8, 4) is 0 Å². The van der Waals surface area contributed by atoms with E-state index in [2.05, 4.69) is 10.3 Å². The molecule has 1 amide bonds. The normalized spacial score (nSPS) is 25.1. The molecule has 2 aliphatic heterocycles. The lowest BCUT2D eigenvalue weighted by atomic mass is 9.87. The lowest BCUT2D eigenvalue weighted by Gasteiger charge is -2.17. The van der Waals surface area contributed by atoms with Crippen molar-refractivity contribution in [3.63, 3.8) is 0 Å². The first kappa shape index (κ1) is 15.1. The van der Waals surface area contributed by atoms with Gasteiger partial charge in [0.05, 0.1) is 24.8 Å². The first-order chi connectivity index (χ1) is 11.7. The highest BCUT2D eigenvalue weighted by atomic mass is 16.5. The highest BCUT2D eigenvalue weighted by Gasteiger charge is 2.41. The van der Waals surface area contributed by atoms with Crippen LogP contribution in [-0.4, -0.2) is 40.6 Å². The minimum atomic E-state index is -0.527. The van der Waals surface area contributed by atoms with E-state index in [4.69, 9.17) is 9.47 Å². The van der Waals surface area contributed by atoms with Gasteiger partial charge in [-0.3, -0.25) is 14.5 Å². The van der Waals surface area contributed by atoms with E-state index >= 15 is 0 Å². The zero-order chi connectivity index (χ0) is 16.7. The number of imidazole rings is 1. The second-order valence-corrected chi connectivity index (χ2v) is 6.35. The molecule has 3 unspecified atom stereocenters. The average molecular weight is 329 g/mol. The first-order valence-electron chi connectivity index (χ1n) is 8.16. The molecule has 24 heavy (non-hydrogen) atoms. The molecule has 2 aromatic rings. The number of aromatic nitrogens is 2. The van der Waals surface area contributed by atoms with E-state index in [1.54, 1.807) is 16.7 Å². The van der Waals surface area contributed by atoms with Crippen LogP contribution in [-0.2, 0) is 14.3 Å². The quantitative estimate of drug-likeness (QED) is 0.868. The Hall–Kier alpha value is -2.41. The van der Waals surface area contributed by atoms with Crippen molar-refractivity contribution in [2.24, 2.45) is 5.92 Å². The molecular weight excluding hydrogens is 310 g/mol. The highest BCUT2D eigenvalue weighted by Crippen LogP contribution is 2.40. The van der Waals surface area contributed by atoms with Gasteiger partial charge in [-0.05, 0) is 37.3 Å². The molecule has 0 aliphatic carbocycles. The summed E-state index contributed by atoms with van der Waals surface area (Å²) in [6.07, 6.45) is 5.81. The minimum Gasteiger partial charge on any atom is -0.464 e. The van der Waals surface area contributed by atoms with E-state index in [9.17, 15) is 9.59 Å². The Morgan fingerprint density at radius 2 is 2.29 bits per heavy atom. The van der Waals surface area contributed by atoms with Crippen LogP contribution in [0.5, 0.6) is 0 Å². The van der Waals surface area contributed by atoms with E-state index in [-0.39, 0.29) is 23.6 Å². The maximum atomic E-state index is 12.4. The summed E-state index contributed by atoms with van der Waals surface area (Å²) in [5.41, 5.74) is 0.791. The largest absolute Gasteiger partial charge is 0.464 e. The number of carbonyl (C=O) groups excluding carboxylic acids is 2. The molecule has 2 aromatic heterocycles. The Labute approximate surface area is 139 Å². The number of fused-ring (bicyclic) bond motifs is 3. The molecule has 4 heterocycles. The van der Waals surface area contributed by atoms with Crippen molar-refractivity contribution in [2.75, 3.05) is 12.4 Å². The predicted molar refractivity (Wildman–Crippen MR) is 85.8 cm³/mol. The molecule has 0 spiro atoms. The molecule has 2 saturated heterocycles. The predicted octanol–water partition coefficient (Wildman–Crippen LogP) is 2.02.